The molecule has 2 aliphatic rings. The molecule has 1 saturated heterocycles. The highest BCUT2D eigenvalue weighted by atomic mass is 16.5. The number of hydrogen-bond donors (Lipinski definition) is 0. The van der Waals surface area contributed by atoms with Gasteiger partial charge >= 0.3 is 0 Å². The Kier molecular flexibility index (Phi) is 2.85. The molecule has 3 nitrogen and oxygen atoms in total. The zero-order valence-corrected chi connectivity index (χ0v) is 9.78. The fraction of sp³-hybridized carbons (Fsp3) is 0.500. The van der Waals surface area contributed by atoms with Gasteiger partial charge in [-0.1, -0.05) is 12.1 Å². The van der Waals surface area contributed by atoms with Crippen molar-refractivity contribution >= 4 is 5.78 Å². The SMILES string of the molecule is O=C(CC1CCOC1)c1cccc2c1OCC2. The number of carbonyl (C=O) groups is 1. The standard InChI is InChI=1S/C14H16O3/c15-13(8-10-4-6-16-9-10)12-3-1-2-11-5-7-17-14(11)12/h1-3,10H,4-9H2. The molecule has 1 aromatic rings. The van der Waals surface area contributed by atoms with Gasteiger partial charge in [-0.05, 0) is 24.0 Å². The molecular weight excluding hydrogens is 216 g/mol. The van der Waals surface area contributed by atoms with Crippen molar-refractivity contribution in [1.29, 1.82) is 0 Å². The van der Waals surface area contributed by atoms with Crippen LogP contribution in [0.1, 0.15) is 28.8 Å². The first-order valence-electron chi connectivity index (χ1n) is 6.20. The molecule has 17 heavy (non-hydrogen) atoms. The van der Waals surface area contributed by atoms with E-state index in [1.165, 1.54) is 5.56 Å². The summed E-state index contributed by atoms with van der Waals surface area (Å²) in [7, 11) is 0. The van der Waals surface area contributed by atoms with Crippen LogP contribution in [-0.2, 0) is 11.2 Å². The lowest BCUT2D eigenvalue weighted by molar-refractivity contribution is 0.0949. The molecule has 1 atom stereocenters. The van der Waals surface area contributed by atoms with Crippen molar-refractivity contribution in [2.45, 2.75) is 19.3 Å². The van der Waals surface area contributed by atoms with Crippen LogP contribution >= 0.6 is 0 Å². The van der Waals surface area contributed by atoms with Gasteiger partial charge in [0.15, 0.2) is 5.78 Å². The normalized spacial score (nSPS) is 22.2. The highest BCUT2D eigenvalue weighted by molar-refractivity contribution is 5.99. The zero-order chi connectivity index (χ0) is 11.7. The molecule has 1 fully saturated rings. The number of fused-ring (bicyclic) bond motifs is 1. The fourth-order valence-electron chi connectivity index (χ4n) is 2.55. The summed E-state index contributed by atoms with van der Waals surface area (Å²) in [4.78, 5) is 12.2. The number of rotatable bonds is 3. The van der Waals surface area contributed by atoms with Gasteiger partial charge in [0.25, 0.3) is 0 Å². The lowest BCUT2D eigenvalue weighted by Gasteiger charge is -2.09. The third kappa shape index (κ3) is 2.07. The monoisotopic (exact) mass is 232 g/mol. The minimum absolute atomic E-state index is 0.194. The summed E-state index contributed by atoms with van der Waals surface area (Å²) in [5.74, 6) is 1.40. The van der Waals surface area contributed by atoms with E-state index in [4.69, 9.17) is 9.47 Å². The van der Waals surface area contributed by atoms with E-state index < -0.39 is 0 Å². The molecule has 2 heterocycles. The van der Waals surface area contributed by atoms with E-state index in [0.29, 0.717) is 18.9 Å². The molecule has 0 radical (unpaired) electrons. The Morgan fingerprint density at radius 1 is 1.35 bits per heavy atom. The highest BCUT2D eigenvalue weighted by Crippen LogP contribution is 2.31. The Hall–Kier alpha value is -1.35. The van der Waals surface area contributed by atoms with Crippen molar-refractivity contribution in [3.8, 4) is 5.75 Å². The number of ether oxygens (including phenoxy) is 2. The molecule has 3 heteroatoms. The van der Waals surface area contributed by atoms with Gasteiger partial charge in [-0.3, -0.25) is 4.79 Å². The van der Waals surface area contributed by atoms with Crippen molar-refractivity contribution in [3.63, 3.8) is 0 Å². The fourth-order valence-corrected chi connectivity index (χ4v) is 2.55. The molecule has 90 valence electrons. The van der Waals surface area contributed by atoms with Crippen LogP contribution in [0.25, 0.3) is 0 Å². The van der Waals surface area contributed by atoms with Gasteiger partial charge in [-0.25, -0.2) is 0 Å². The molecule has 0 saturated carbocycles. The summed E-state index contributed by atoms with van der Waals surface area (Å²) in [6.45, 7) is 2.22. The second kappa shape index (κ2) is 4.49. The quantitative estimate of drug-likeness (QED) is 0.750. The number of para-hydroxylation sites is 1. The van der Waals surface area contributed by atoms with E-state index >= 15 is 0 Å². The Bertz CT molecular complexity index is 433. The Balaban J connectivity index is 1.79. The Morgan fingerprint density at radius 3 is 3.12 bits per heavy atom. The van der Waals surface area contributed by atoms with Crippen molar-refractivity contribution in [2.75, 3.05) is 19.8 Å². The molecule has 1 unspecified atom stereocenters. The van der Waals surface area contributed by atoms with Crippen molar-refractivity contribution in [3.05, 3.63) is 29.3 Å². The number of ketones is 1. The molecule has 0 spiro atoms. The van der Waals surface area contributed by atoms with Gasteiger partial charge in [0, 0.05) is 26.1 Å². The van der Waals surface area contributed by atoms with E-state index in [1.807, 2.05) is 18.2 Å². The van der Waals surface area contributed by atoms with E-state index in [2.05, 4.69) is 0 Å². The van der Waals surface area contributed by atoms with Crippen LogP contribution in [0.5, 0.6) is 5.75 Å². The van der Waals surface area contributed by atoms with Crippen molar-refractivity contribution < 1.29 is 14.3 Å². The molecule has 0 amide bonds. The van der Waals surface area contributed by atoms with Crippen molar-refractivity contribution in [2.24, 2.45) is 5.92 Å². The van der Waals surface area contributed by atoms with Crippen LogP contribution < -0.4 is 4.74 Å². The van der Waals surface area contributed by atoms with E-state index in [1.54, 1.807) is 0 Å². The molecule has 3 rings (SSSR count). The van der Waals surface area contributed by atoms with Crippen molar-refractivity contribution in [1.82, 2.24) is 0 Å². The van der Waals surface area contributed by atoms with Gasteiger partial charge in [-0.15, -0.1) is 0 Å². The molecule has 2 aliphatic heterocycles. The predicted octanol–water partition coefficient (Wildman–Crippen LogP) is 2.23. The minimum Gasteiger partial charge on any atom is -0.492 e. The first kappa shape index (κ1) is 10.8. The third-order valence-electron chi connectivity index (χ3n) is 3.51. The zero-order valence-electron chi connectivity index (χ0n) is 9.78. The van der Waals surface area contributed by atoms with Crippen LogP contribution in [-0.4, -0.2) is 25.6 Å². The Labute approximate surface area is 101 Å². The first-order valence-corrected chi connectivity index (χ1v) is 6.20. The van der Waals surface area contributed by atoms with Crippen LogP contribution in [0, 0.1) is 5.92 Å². The van der Waals surface area contributed by atoms with E-state index in [-0.39, 0.29) is 5.78 Å². The second-order valence-corrected chi connectivity index (χ2v) is 4.75. The van der Waals surface area contributed by atoms with Gasteiger partial charge in [0.05, 0.1) is 12.2 Å². The summed E-state index contributed by atoms with van der Waals surface area (Å²) in [5, 5.41) is 0. The number of Topliss-reactive ketones (excluding diaryl/α,β-unsaturated/α-hetero) is 1. The predicted molar refractivity (Wildman–Crippen MR) is 63.5 cm³/mol. The van der Waals surface area contributed by atoms with E-state index in [0.717, 1.165) is 37.4 Å². The Morgan fingerprint density at radius 2 is 2.29 bits per heavy atom. The summed E-state index contributed by atoms with van der Waals surface area (Å²) >= 11 is 0. The summed E-state index contributed by atoms with van der Waals surface area (Å²) in [5.41, 5.74) is 1.92. The van der Waals surface area contributed by atoms with Crippen LogP contribution in [0.3, 0.4) is 0 Å². The maximum Gasteiger partial charge on any atom is 0.166 e. The maximum atomic E-state index is 12.2. The first-order chi connectivity index (χ1) is 8.34. The largest absolute Gasteiger partial charge is 0.492 e. The molecule has 0 bridgehead atoms. The topological polar surface area (TPSA) is 35.5 Å². The van der Waals surface area contributed by atoms with Gasteiger partial charge in [0.1, 0.15) is 5.75 Å². The molecule has 1 aromatic carbocycles. The second-order valence-electron chi connectivity index (χ2n) is 4.75. The van der Waals surface area contributed by atoms with Gasteiger partial charge < -0.3 is 9.47 Å². The van der Waals surface area contributed by atoms with Gasteiger partial charge in [0.2, 0.25) is 0 Å². The molecule has 0 aromatic heterocycles. The highest BCUT2D eigenvalue weighted by Gasteiger charge is 2.24. The summed E-state index contributed by atoms with van der Waals surface area (Å²) in [6, 6.07) is 5.87. The molecule has 0 N–H and O–H groups in total. The lowest BCUT2D eigenvalue weighted by Crippen LogP contribution is -2.09. The molecular formula is C14H16O3. The summed E-state index contributed by atoms with van der Waals surface area (Å²) in [6.07, 6.45) is 2.50. The van der Waals surface area contributed by atoms with Crippen LogP contribution in [0.15, 0.2) is 18.2 Å². The average molecular weight is 232 g/mol. The number of carbonyl (C=O) groups excluding carboxylic acids is 1. The van der Waals surface area contributed by atoms with Crippen LogP contribution in [0.4, 0.5) is 0 Å². The smallest absolute Gasteiger partial charge is 0.166 e. The van der Waals surface area contributed by atoms with Crippen LogP contribution in [0.2, 0.25) is 0 Å². The lowest BCUT2D eigenvalue weighted by atomic mass is 9.96. The maximum absolute atomic E-state index is 12.2. The summed E-state index contributed by atoms with van der Waals surface area (Å²) < 4.78 is 10.9. The third-order valence-corrected chi connectivity index (χ3v) is 3.51. The van der Waals surface area contributed by atoms with E-state index in [9.17, 15) is 4.79 Å². The van der Waals surface area contributed by atoms with Gasteiger partial charge in [-0.2, -0.15) is 0 Å². The molecule has 0 aliphatic carbocycles. The minimum atomic E-state index is 0.194. The number of benzene rings is 1. The number of hydrogen-bond acceptors (Lipinski definition) is 3. The average Bonchev–Trinajstić information content (AvgIpc) is 2.97.